The second kappa shape index (κ2) is 12.4. The van der Waals surface area contributed by atoms with Gasteiger partial charge >= 0.3 is 6.03 Å². The van der Waals surface area contributed by atoms with Crippen molar-refractivity contribution < 1.29 is 19.1 Å². The molecule has 4 aromatic carbocycles. The maximum atomic E-state index is 14.7. The van der Waals surface area contributed by atoms with Gasteiger partial charge in [0.1, 0.15) is 18.0 Å². The third kappa shape index (κ3) is 5.45. The van der Waals surface area contributed by atoms with Crippen molar-refractivity contribution in [2.45, 2.75) is 13.0 Å². The lowest BCUT2D eigenvalue weighted by Gasteiger charge is -2.25. The van der Waals surface area contributed by atoms with Gasteiger partial charge in [0, 0.05) is 35.7 Å². The van der Waals surface area contributed by atoms with E-state index in [0.717, 1.165) is 44.4 Å². The van der Waals surface area contributed by atoms with Crippen molar-refractivity contribution in [3.05, 3.63) is 144 Å². The number of fused-ring (bicyclic) bond motifs is 2. The van der Waals surface area contributed by atoms with E-state index >= 15 is 0 Å². The number of hydrogen-bond donors (Lipinski definition) is 0. The summed E-state index contributed by atoms with van der Waals surface area (Å²) in [6.45, 7) is 0.170. The van der Waals surface area contributed by atoms with Crippen molar-refractivity contribution in [2.24, 2.45) is 0 Å². The van der Waals surface area contributed by atoms with Crippen LogP contribution in [0.3, 0.4) is 0 Å². The Bertz CT molecular complexity index is 2280. The van der Waals surface area contributed by atoms with Gasteiger partial charge in [0.2, 0.25) is 0 Å². The highest BCUT2D eigenvalue weighted by Crippen LogP contribution is 2.40. The van der Waals surface area contributed by atoms with Crippen molar-refractivity contribution in [2.75, 3.05) is 20.2 Å². The highest BCUT2D eigenvalue weighted by molar-refractivity contribution is 6.23. The summed E-state index contributed by atoms with van der Waals surface area (Å²) in [5, 5.41) is 5.84. The minimum atomic E-state index is -0.393. The number of urea groups is 1. The summed E-state index contributed by atoms with van der Waals surface area (Å²) in [5.74, 6) is 0.120. The van der Waals surface area contributed by atoms with Crippen LogP contribution < -0.4 is 4.74 Å². The Morgan fingerprint density at radius 2 is 1.49 bits per heavy atom. The van der Waals surface area contributed by atoms with E-state index in [1.165, 1.54) is 14.5 Å². The van der Waals surface area contributed by atoms with Crippen LogP contribution in [0.1, 0.15) is 21.6 Å². The second-order valence-electron chi connectivity index (χ2n) is 12.2. The SMILES string of the molecule is COc1ccc(CN2C(=O)CN(CC3=C(c4ccc5ncccc5c4)C(=O)n4nc(-c5ccccc5)c(-c5ccccc5)c4C3)C2=O)cc1. The maximum absolute atomic E-state index is 14.7. The molecule has 9 heteroatoms. The maximum Gasteiger partial charge on any atom is 0.327 e. The standard InChI is InChI=1S/C40H31N5O4/c1-49-32-17-14-26(15-18-32)23-44-35(46)25-43(40(44)48)24-31-22-34-37(27-9-4-2-5-10-27)38(28-11-6-3-7-12-28)42-45(34)39(47)36(31)30-16-19-33-29(21-30)13-8-20-41-33/h2-21H,22-25H2,1H3. The summed E-state index contributed by atoms with van der Waals surface area (Å²) >= 11 is 0. The first-order valence-electron chi connectivity index (χ1n) is 16.1. The van der Waals surface area contributed by atoms with Crippen LogP contribution in [0.4, 0.5) is 4.79 Å². The largest absolute Gasteiger partial charge is 0.497 e. The highest BCUT2D eigenvalue weighted by Gasteiger charge is 2.39. The number of nitrogens with zero attached hydrogens (tertiary/aromatic N) is 5. The van der Waals surface area contributed by atoms with Crippen molar-refractivity contribution >= 4 is 34.3 Å². The molecule has 0 unspecified atom stereocenters. The van der Waals surface area contributed by atoms with Crippen LogP contribution in [0.2, 0.25) is 0 Å². The fraction of sp³-hybridized carbons (Fsp3) is 0.125. The van der Waals surface area contributed by atoms with Crippen LogP contribution in [0.15, 0.2) is 127 Å². The normalized spacial score (nSPS) is 14.6. The number of pyridine rings is 1. The summed E-state index contributed by atoms with van der Waals surface area (Å²) in [5.41, 5.74) is 7.68. The molecule has 0 bridgehead atoms. The second-order valence-corrected chi connectivity index (χ2v) is 12.2. The first-order valence-corrected chi connectivity index (χ1v) is 16.1. The predicted octanol–water partition coefficient (Wildman–Crippen LogP) is 6.89. The quantitative estimate of drug-likeness (QED) is 0.167. The molecular formula is C40H31N5O4. The van der Waals surface area contributed by atoms with Gasteiger partial charge in [-0.1, -0.05) is 84.9 Å². The highest BCUT2D eigenvalue weighted by atomic mass is 16.5. The topological polar surface area (TPSA) is 97.6 Å². The zero-order chi connectivity index (χ0) is 33.5. The Balaban J connectivity index is 1.22. The van der Waals surface area contributed by atoms with Crippen LogP contribution in [-0.4, -0.2) is 62.6 Å². The summed E-state index contributed by atoms with van der Waals surface area (Å²) in [6.07, 6.45) is 2.09. The molecule has 0 spiro atoms. The number of imide groups is 1. The van der Waals surface area contributed by atoms with E-state index in [1.807, 2.05) is 103 Å². The minimum Gasteiger partial charge on any atom is -0.497 e. The molecule has 0 radical (unpaired) electrons. The molecule has 240 valence electrons. The van der Waals surface area contributed by atoms with Crippen LogP contribution in [0, 0.1) is 0 Å². The summed E-state index contributed by atoms with van der Waals surface area (Å²) in [7, 11) is 1.59. The van der Waals surface area contributed by atoms with Crippen LogP contribution in [0.25, 0.3) is 38.9 Å². The van der Waals surface area contributed by atoms with Gasteiger partial charge < -0.3 is 9.64 Å². The summed E-state index contributed by atoms with van der Waals surface area (Å²) in [4.78, 5) is 49.0. The van der Waals surface area contributed by atoms with Gasteiger partial charge in [-0.05, 0) is 52.6 Å². The number of carbonyl (C=O) groups excluding carboxylic acids is 3. The monoisotopic (exact) mass is 645 g/mol. The van der Waals surface area contributed by atoms with Crippen molar-refractivity contribution in [1.29, 1.82) is 0 Å². The van der Waals surface area contributed by atoms with Crippen molar-refractivity contribution in [3.63, 3.8) is 0 Å². The summed E-state index contributed by atoms with van der Waals surface area (Å²) in [6, 6.07) is 36.2. The molecule has 8 rings (SSSR count). The smallest absolute Gasteiger partial charge is 0.327 e. The number of amides is 3. The molecule has 9 nitrogen and oxygen atoms in total. The third-order valence-electron chi connectivity index (χ3n) is 9.13. The summed E-state index contributed by atoms with van der Waals surface area (Å²) < 4.78 is 6.77. The van der Waals surface area contributed by atoms with E-state index < -0.39 is 6.03 Å². The van der Waals surface area contributed by atoms with E-state index in [-0.39, 0.29) is 31.4 Å². The number of benzene rings is 4. The molecule has 2 aromatic heterocycles. The van der Waals surface area contributed by atoms with Gasteiger partial charge in [0.25, 0.3) is 11.8 Å². The van der Waals surface area contributed by atoms with E-state index in [9.17, 15) is 14.4 Å². The van der Waals surface area contributed by atoms with E-state index in [2.05, 4.69) is 4.98 Å². The molecule has 0 atom stereocenters. The van der Waals surface area contributed by atoms with Gasteiger partial charge in [-0.2, -0.15) is 9.78 Å². The Morgan fingerprint density at radius 1 is 0.755 bits per heavy atom. The van der Waals surface area contributed by atoms with Gasteiger partial charge in [0.05, 0.1) is 30.4 Å². The first kappa shape index (κ1) is 30.0. The molecule has 0 N–H and O–H groups in total. The van der Waals surface area contributed by atoms with Crippen LogP contribution in [0.5, 0.6) is 5.75 Å². The van der Waals surface area contributed by atoms with E-state index in [1.54, 1.807) is 25.4 Å². The molecular weight excluding hydrogens is 614 g/mol. The number of allylic oxidation sites excluding steroid dienone is 1. The molecule has 6 aromatic rings. The number of rotatable bonds is 8. The van der Waals surface area contributed by atoms with Gasteiger partial charge in [-0.15, -0.1) is 0 Å². The molecule has 1 fully saturated rings. The Labute approximate surface area is 282 Å². The zero-order valence-corrected chi connectivity index (χ0v) is 26.7. The first-order chi connectivity index (χ1) is 24.0. The average molecular weight is 646 g/mol. The number of ether oxygens (including phenoxy) is 1. The van der Waals surface area contributed by atoms with Crippen molar-refractivity contribution in [1.82, 2.24) is 24.6 Å². The number of hydrogen-bond acceptors (Lipinski definition) is 6. The third-order valence-corrected chi connectivity index (χ3v) is 9.13. The molecule has 0 saturated carbocycles. The van der Waals surface area contributed by atoms with Crippen LogP contribution >= 0.6 is 0 Å². The van der Waals surface area contributed by atoms with E-state index in [0.29, 0.717) is 29.0 Å². The fourth-order valence-corrected chi connectivity index (χ4v) is 6.75. The minimum absolute atomic E-state index is 0.0817. The lowest BCUT2D eigenvalue weighted by atomic mass is 9.89. The van der Waals surface area contributed by atoms with Gasteiger partial charge in [-0.25, -0.2) is 4.79 Å². The van der Waals surface area contributed by atoms with Crippen molar-refractivity contribution in [3.8, 4) is 28.1 Å². The number of methoxy groups -OCH3 is 1. The van der Waals surface area contributed by atoms with Crippen LogP contribution in [-0.2, 0) is 17.8 Å². The Hall–Kier alpha value is -6.35. The van der Waals surface area contributed by atoms with Gasteiger partial charge in [0.15, 0.2) is 0 Å². The van der Waals surface area contributed by atoms with E-state index in [4.69, 9.17) is 9.84 Å². The Morgan fingerprint density at radius 3 is 2.22 bits per heavy atom. The predicted molar refractivity (Wildman–Crippen MR) is 187 cm³/mol. The molecule has 4 heterocycles. The Kier molecular flexibility index (Phi) is 7.56. The van der Waals surface area contributed by atoms with Gasteiger partial charge in [-0.3, -0.25) is 19.5 Å². The molecule has 2 aliphatic heterocycles. The lowest BCUT2D eigenvalue weighted by Crippen LogP contribution is -2.35. The number of aromatic nitrogens is 3. The molecule has 2 aliphatic rings. The molecule has 0 aliphatic carbocycles. The fourth-order valence-electron chi connectivity index (χ4n) is 6.75. The average Bonchev–Trinajstić information content (AvgIpc) is 3.65. The molecule has 1 saturated heterocycles. The molecule has 3 amide bonds. The molecule has 49 heavy (non-hydrogen) atoms. The lowest BCUT2D eigenvalue weighted by molar-refractivity contribution is -0.125. The number of carbonyl (C=O) groups is 3. The zero-order valence-electron chi connectivity index (χ0n) is 26.7.